The molecular formula is C10H15N3. The van der Waals surface area contributed by atoms with E-state index in [1.165, 1.54) is 25.7 Å². The molecule has 1 N–H and O–H groups in total. The zero-order valence-electron chi connectivity index (χ0n) is 7.95. The van der Waals surface area contributed by atoms with Gasteiger partial charge in [-0.05, 0) is 19.8 Å². The van der Waals surface area contributed by atoms with Crippen LogP contribution in [0.4, 0.5) is 5.82 Å². The number of aryl methyl sites for hydroxylation is 1. The number of rotatable bonds is 2. The highest BCUT2D eigenvalue weighted by Gasteiger charge is 2.14. The van der Waals surface area contributed by atoms with E-state index in [0.29, 0.717) is 6.04 Å². The van der Waals surface area contributed by atoms with E-state index >= 15 is 0 Å². The summed E-state index contributed by atoms with van der Waals surface area (Å²) in [6.07, 6.45) is 8.81. The minimum absolute atomic E-state index is 0.621. The Kier molecular flexibility index (Phi) is 2.43. The minimum Gasteiger partial charge on any atom is -0.366 e. The summed E-state index contributed by atoms with van der Waals surface area (Å²) < 4.78 is 0. The van der Waals surface area contributed by atoms with Gasteiger partial charge in [0.2, 0.25) is 0 Å². The van der Waals surface area contributed by atoms with Gasteiger partial charge in [0.05, 0.1) is 11.9 Å². The van der Waals surface area contributed by atoms with E-state index in [0.717, 1.165) is 11.5 Å². The van der Waals surface area contributed by atoms with Gasteiger partial charge in [0.15, 0.2) is 0 Å². The summed E-state index contributed by atoms with van der Waals surface area (Å²) in [6, 6.07) is 0.621. The maximum Gasteiger partial charge on any atom is 0.145 e. The fourth-order valence-corrected chi connectivity index (χ4v) is 1.81. The smallest absolute Gasteiger partial charge is 0.145 e. The van der Waals surface area contributed by atoms with Crippen LogP contribution in [0.2, 0.25) is 0 Å². The largest absolute Gasteiger partial charge is 0.366 e. The molecule has 1 heterocycles. The summed E-state index contributed by atoms with van der Waals surface area (Å²) >= 11 is 0. The Labute approximate surface area is 78.6 Å². The van der Waals surface area contributed by atoms with Crippen molar-refractivity contribution in [2.75, 3.05) is 5.32 Å². The maximum atomic E-state index is 4.36. The molecule has 1 aliphatic rings. The Balaban J connectivity index is 2.00. The lowest BCUT2D eigenvalue weighted by Crippen LogP contribution is -2.15. The summed E-state index contributed by atoms with van der Waals surface area (Å²) in [5, 5.41) is 3.41. The molecule has 1 aromatic rings. The van der Waals surface area contributed by atoms with Crippen molar-refractivity contribution in [3.63, 3.8) is 0 Å². The standard InChI is InChI=1S/C10H15N3/c1-8-6-11-7-10(12-8)13-9-4-2-3-5-9/h6-7,9H,2-5H2,1H3,(H,12,13). The summed E-state index contributed by atoms with van der Waals surface area (Å²) in [6.45, 7) is 1.97. The summed E-state index contributed by atoms with van der Waals surface area (Å²) in [5.74, 6) is 0.923. The highest BCUT2D eigenvalue weighted by Crippen LogP contribution is 2.20. The topological polar surface area (TPSA) is 37.8 Å². The highest BCUT2D eigenvalue weighted by molar-refractivity contribution is 5.33. The first-order chi connectivity index (χ1) is 6.34. The van der Waals surface area contributed by atoms with E-state index < -0.39 is 0 Å². The van der Waals surface area contributed by atoms with E-state index in [1.807, 2.05) is 6.92 Å². The van der Waals surface area contributed by atoms with Crippen LogP contribution < -0.4 is 5.32 Å². The van der Waals surface area contributed by atoms with Crippen molar-refractivity contribution in [2.24, 2.45) is 0 Å². The van der Waals surface area contributed by atoms with Gasteiger partial charge in [0.25, 0.3) is 0 Å². The molecule has 0 amide bonds. The van der Waals surface area contributed by atoms with Gasteiger partial charge in [-0.2, -0.15) is 0 Å². The summed E-state index contributed by atoms with van der Waals surface area (Å²) in [4.78, 5) is 8.46. The lowest BCUT2D eigenvalue weighted by atomic mass is 10.2. The molecule has 0 radical (unpaired) electrons. The number of aromatic nitrogens is 2. The second-order valence-corrected chi connectivity index (χ2v) is 3.67. The van der Waals surface area contributed by atoms with E-state index in [2.05, 4.69) is 15.3 Å². The van der Waals surface area contributed by atoms with Gasteiger partial charge < -0.3 is 5.32 Å². The Morgan fingerprint density at radius 1 is 1.31 bits per heavy atom. The van der Waals surface area contributed by atoms with E-state index in [-0.39, 0.29) is 0 Å². The number of nitrogens with zero attached hydrogens (tertiary/aromatic N) is 2. The van der Waals surface area contributed by atoms with Crippen LogP contribution in [-0.2, 0) is 0 Å². The predicted molar refractivity (Wildman–Crippen MR) is 52.6 cm³/mol. The quantitative estimate of drug-likeness (QED) is 0.752. The molecule has 0 aromatic carbocycles. The fourth-order valence-electron chi connectivity index (χ4n) is 1.81. The van der Waals surface area contributed by atoms with Crippen molar-refractivity contribution in [3.05, 3.63) is 18.1 Å². The third kappa shape index (κ3) is 2.17. The van der Waals surface area contributed by atoms with E-state index in [9.17, 15) is 0 Å². The van der Waals surface area contributed by atoms with Crippen LogP contribution in [-0.4, -0.2) is 16.0 Å². The first kappa shape index (κ1) is 8.48. The molecule has 0 aliphatic heterocycles. The van der Waals surface area contributed by atoms with Crippen LogP contribution in [0.1, 0.15) is 31.4 Å². The summed E-state index contributed by atoms with van der Waals surface area (Å²) in [5.41, 5.74) is 0.975. The first-order valence-corrected chi connectivity index (χ1v) is 4.90. The highest BCUT2D eigenvalue weighted by atomic mass is 15.0. The van der Waals surface area contributed by atoms with Crippen molar-refractivity contribution >= 4 is 5.82 Å². The van der Waals surface area contributed by atoms with Crippen molar-refractivity contribution in [2.45, 2.75) is 38.6 Å². The van der Waals surface area contributed by atoms with Gasteiger partial charge in [-0.1, -0.05) is 12.8 Å². The molecule has 0 spiro atoms. The van der Waals surface area contributed by atoms with Gasteiger partial charge >= 0.3 is 0 Å². The Bertz CT molecular complexity index is 279. The average Bonchev–Trinajstić information content (AvgIpc) is 2.57. The molecule has 1 aliphatic carbocycles. The normalized spacial score (nSPS) is 17.6. The molecule has 2 rings (SSSR count). The molecule has 3 nitrogen and oxygen atoms in total. The lowest BCUT2D eigenvalue weighted by Gasteiger charge is -2.11. The van der Waals surface area contributed by atoms with Crippen LogP contribution in [0.15, 0.2) is 12.4 Å². The first-order valence-electron chi connectivity index (χ1n) is 4.90. The molecule has 0 saturated heterocycles. The third-order valence-corrected chi connectivity index (χ3v) is 2.46. The van der Waals surface area contributed by atoms with Crippen LogP contribution in [0, 0.1) is 6.92 Å². The van der Waals surface area contributed by atoms with Gasteiger partial charge in [0, 0.05) is 12.2 Å². The van der Waals surface area contributed by atoms with Crippen molar-refractivity contribution in [3.8, 4) is 0 Å². The average molecular weight is 177 g/mol. The molecular weight excluding hydrogens is 162 g/mol. The molecule has 1 saturated carbocycles. The maximum absolute atomic E-state index is 4.36. The number of anilines is 1. The van der Waals surface area contributed by atoms with Crippen molar-refractivity contribution < 1.29 is 0 Å². The second-order valence-electron chi connectivity index (χ2n) is 3.67. The monoisotopic (exact) mass is 177 g/mol. The van der Waals surface area contributed by atoms with E-state index in [4.69, 9.17) is 0 Å². The Morgan fingerprint density at radius 2 is 2.08 bits per heavy atom. The number of hydrogen-bond donors (Lipinski definition) is 1. The Morgan fingerprint density at radius 3 is 2.77 bits per heavy atom. The van der Waals surface area contributed by atoms with Crippen LogP contribution in [0.3, 0.4) is 0 Å². The SMILES string of the molecule is Cc1cncc(NC2CCCC2)n1. The van der Waals surface area contributed by atoms with Crippen LogP contribution in [0.5, 0.6) is 0 Å². The number of hydrogen-bond acceptors (Lipinski definition) is 3. The minimum atomic E-state index is 0.621. The molecule has 1 fully saturated rings. The predicted octanol–water partition coefficient (Wildman–Crippen LogP) is 2.14. The number of nitrogens with one attached hydrogen (secondary N) is 1. The van der Waals surface area contributed by atoms with Gasteiger partial charge in [-0.3, -0.25) is 4.98 Å². The molecule has 0 unspecified atom stereocenters. The molecule has 1 aromatic heterocycles. The van der Waals surface area contributed by atoms with Gasteiger partial charge in [-0.25, -0.2) is 4.98 Å². The van der Waals surface area contributed by atoms with Crippen molar-refractivity contribution in [1.29, 1.82) is 0 Å². The molecule has 0 atom stereocenters. The fraction of sp³-hybridized carbons (Fsp3) is 0.600. The molecule has 70 valence electrons. The van der Waals surface area contributed by atoms with Gasteiger partial charge in [0.1, 0.15) is 5.82 Å². The Hall–Kier alpha value is -1.12. The third-order valence-electron chi connectivity index (χ3n) is 2.46. The van der Waals surface area contributed by atoms with Crippen LogP contribution in [0.25, 0.3) is 0 Å². The lowest BCUT2D eigenvalue weighted by molar-refractivity contribution is 0.748. The van der Waals surface area contributed by atoms with Crippen LogP contribution >= 0.6 is 0 Å². The summed E-state index contributed by atoms with van der Waals surface area (Å²) in [7, 11) is 0. The molecule has 13 heavy (non-hydrogen) atoms. The van der Waals surface area contributed by atoms with Crippen molar-refractivity contribution in [1.82, 2.24) is 9.97 Å². The second kappa shape index (κ2) is 3.73. The van der Waals surface area contributed by atoms with E-state index in [1.54, 1.807) is 12.4 Å². The zero-order valence-corrected chi connectivity index (χ0v) is 7.95. The zero-order chi connectivity index (χ0) is 9.10. The molecule has 3 heteroatoms. The van der Waals surface area contributed by atoms with Gasteiger partial charge in [-0.15, -0.1) is 0 Å². The molecule has 0 bridgehead atoms.